The van der Waals surface area contributed by atoms with Gasteiger partial charge in [0.25, 0.3) is 0 Å². The lowest BCUT2D eigenvalue weighted by atomic mass is 10.3. The summed E-state index contributed by atoms with van der Waals surface area (Å²) in [6, 6.07) is 8.77. The predicted molar refractivity (Wildman–Crippen MR) is 97.7 cm³/mol. The summed E-state index contributed by atoms with van der Waals surface area (Å²) in [6.45, 7) is 17.8. The molecular formula is C19H33N4+. The van der Waals surface area contributed by atoms with E-state index in [0.29, 0.717) is 0 Å². The first-order valence-corrected chi connectivity index (χ1v) is 9.15. The molecule has 1 heterocycles. The van der Waals surface area contributed by atoms with Gasteiger partial charge in [-0.05, 0) is 38.3 Å². The molecule has 0 N–H and O–H groups in total. The van der Waals surface area contributed by atoms with Crippen molar-refractivity contribution in [3.63, 3.8) is 0 Å². The van der Waals surface area contributed by atoms with E-state index in [1.54, 1.807) is 0 Å². The van der Waals surface area contributed by atoms with Gasteiger partial charge < -0.3 is 0 Å². The highest BCUT2D eigenvalue weighted by Gasteiger charge is 2.16. The normalized spacial score (nSPS) is 11.9. The Morgan fingerprint density at radius 2 is 1.48 bits per heavy atom. The molecule has 0 saturated carbocycles. The van der Waals surface area contributed by atoms with Crippen LogP contribution in [0.4, 0.5) is 0 Å². The standard InChI is InChI=1S/C19H33N4/c1-5-20(6-2)13-15-22-17-23(16-14-21(7-3)8-4)19-12-10-9-11-18(19)22/h9-12,17H,5-8,13-16H2,1-4H3/q+1. The highest BCUT2D eigenvalue weighted by atomic mass is 15.2. The molecule has 23 heavy (non-hydrogen) atoms. The van der Waals surface area contributed by atoms with Crippen molar-refractivity contribution in [1.29, 1.82) is 0 Å². The van der Waals surface area contributed by atoms with Gasteiger partial charge in [0.05, 0.1) is 0 Å². The fraction of sp³-hybridized carbons (Fsp3) is 0.632. The maximum atomic E-state index is 2.48. The van der Waals surface area contributed by atoms with Crippen molar-refractivity contribution in [3.8, 4) is 0 Å². The van der Waals surface area contributed by atoms with Crippen LogP contribution < -0.4 is 4.57 Å². The van der Waals surface area contributed by atoms with E-state index in [9.17, 15) is 0 Å². The van der Waals surface area contributed by atoms with Gasteiger partial charge in [0.15, 0.2) is 11.0 Å². The summed E-state index contributed by atoms with van der Waals surface area (Å²) in [7, 11) is 0. The van der Waals surface area contributed by atoms with E-state index < -0.39 is 0 Å². The second-order valence-electron chi connectivity index (χ2n) is 6.04. The maximum absolute atomic E-state index is 2.48. The van der Waals surface area contributed by atoms with Gasteiger partial charge in [0, 0.05) is 13.1 Å². The summed E-state index contributed by atoms with van der Waals surface area (Å²) in [4.78, 5) is 4.96. The van der Waals surface area contributed by atoms with Crippen LogP contribution >= 0.6 is 0 Å². The van der Waals surface area contributed by atoms with Crippen LogP contribution in [0.3, 0.4) is 0 Å². The molecule has 2 rings (SSSR count). The molecule has 4 nitrogen and oxygen atoms in total. The molecule has 1 aromatic carbocycles. The monoisotopic (exact) mass is 317 g/mol. The quantitative estimate of drug-likeness (QED) is 0.626. The molecule has 0 atom stereocenters. The molecule has 1 aromatic heterocycles. The van der Waals surface area contributed by atoms with Gasteiger partial charge in [-0.25, -0.2) is 9.13 Å². The van der Waals surface area contributed by atoms with Crippen molar-refractivity contribution in [2.24, 2.45) is 0 Å². The van der Waals surface area contributed by atoms with Gasteiger partial charge in [0.1, 0.15) is 13.1 Å². The van der Waals surface area contributed by atoms with E-state index >= 15 is 0 Å². The van der Waals surface area contributed by atoms with Crippen molar-refractivity contribution in [3.05, 3.63) is 30.6 Å². The largest absolute Gasteiger partial charge is 0.300 e. The molecule has 128 valence electrons. The number of benzene rings is 1. The molecule has 0 aliphatic heterocycles. The van der Waals surface area contributed by atoms with Gasteiger partial charge in [-0.1, -0.05) is 39.8 Å². The minimum atomic E-state index is 1.06. The Morgan fingerprint density at radius 1 is 0.870 bits per heavy atom. The Hall–Kier alpha value is -1.39. The molecule has 0 spiro atoms. The van der Waals surface area contributed by atoms with Crippen molar-refractivity contribution in [2.45, 2.75) is 40.8 Å². The highest BCUT2D eigenvalue weighted by molar-refractivity contribution is 5.71. The lowest BCUT2D eigenvalue weighted by Crippen LogP contribution is -2.40. The minimum Gasteiger partial charge on any atom is -0.300 e. The summed E-state index contributed by atoms with van der Waals surface area (Å²) >= 11 is 0. The van der Waals surface area contributed by atoms with Crippen molar-refractivity contribution in [1.82, 2.24) is 14.4 Å². The second-order valence-corrected chi connectivity index (χ2v) is 6.04. The maximum Gasteiger partial charge on any atom is 0.244 e. The fourth-order valence-corrected chi connectivity index (χ4v) is 3.18. The van der Waals surface area contributed by atoms with Gasteiger partial charge in [-0.2, -0.15) is 0 Å². The van der Waals surface area contributed by atoms with Crippen molar-refractivity contribution >= 4 is 11.0 Å². The topological polar surface area (TPSA) is 15.3 Å². The van der Waals surface area contributed by atoms with Gasteiger partial charge in [-0.15, -0.1) is 0 Å². The Bertz CT molecular complexity index is 532. The van der Waals surface area contributed by atoms with Crippen LogP contribution in [0.2, 0.25) is 0 Å². The van der Waals surface area contributed by atoms with E-state index in [1.807, 2.05) is 0 Å². The first-order valence-electron chi connectivity index (χ1n) is 9.15. The molecule has 0 fully saturated rings. The summed E-state index contributed by atoms with van der Waals surface area (Å²) in [5.41, 5.74) is 2.69. The van der Waals surface area contributed by atoms with E-state index in [4.69, 9.17) is 0 Å². The van der Waals surface area contributed by atoms with E-state index in [-0.39, 0.29) is 0 Å². The third-order valence-corrected chi connectivity index (χ3v) is 4.88. The summed E-state index contributed by atoms with van der Waals surface area (Å²) in [6.07, 6.45) is 2.30. The molecule has 0 aliphatic carbocycles. The first-order chi connectivity index (χ1) is 11.2. The Balaban J connectivity index is 2.15. The molecule has 0 saturated heterocycles. The van der Waals surface area contributed by atoms with Crippen LogP contribution in [0, 0.1) is 0 Å². The van der Waals surface area contributed by atoms with Gasteiger partial charge in [-0.3, -0.25) is 9.80 Å². The van der Waals surface area contributed by atoms with Crippen molar-refractivity contribution in [2.75, 3.05) is 39.3 Å². The molecule has 0 radical (unpaired) electrons. The van der Waals surface area contributed by atoms with Crippen LogP contribution in [0.25, 0.3) is 11.0 Å². The lowest BCUT2D eigenvalue weighted by Gasteiger charge is -2.16. The van der Waals surface area contributed by atoms with Crippen LogP contribution in [0.15, 0.2) is 30.6 Å². The zero-order valence-electron chi connectivity index (χ0n) is 15.3. The average molecular weight is 318 g/mol. The first kappa shape index (κ1) is 18.0. The molecule has 2 aromatic rings. The summed E-state index contributed by atoms with van der Waals surface area (Å²) in [5, 5.41) is 0. The molecule has 0 amide bonds. The highest BCUT2D eigenvalue weighted by Crippen LogP contribution is 2.11. The molecule has 0 unspecified atom stereocenters. The SMILES string of the molecule is CCN(CC)CCn1c[n+](CCN(CC)CC)c2ccccc21. The Labute approximate surface area is 141 Å². The minimum absolute atomic E-state index is 1.06. The number of para-hydroxylation sites is 2. The second kappa shape index (κ2) is 9.04. The predicted octanol–water partition coefficient (Wildman–Crippen LogP) is 2.61. The summed E-state index contributed by atoms with van der Waals surface area (Å²) < 4.78 is 4.83. The molecule has 0 bridgehead atoms. The van der Waals surface area contributed by atoms with E-state index in [1.165, 1.54) is 11.0 Å². The third kappa shape index (κ3) is 4.55. The zero-order valence-corrected chi connectivity index (χ0v) is 15.3. The van der Waals surface area contributed by atoms with Crippen LogP contribution in [-0.4, -0.2) is 53.6 Å². The molecule has 4 heteroatoms. The Morgan fingerprint density at radius 3 is 2.13 bits per heavy atom. The lowest BCUT2D eigenvalue weighted by molar-refractivity contribution is -0.671. The van der Waals surface area contributed by atoms with E-state index in [2.05, 4.69) is 77.2 Å². The smallest absolute Gasteiger partial charge is 0.244 e. The van der Waals surface area contributed by atoms with Crippen LogP contribution in [0.5, 0.6) is 0 Å². The number of likely N-dealkylation sites (N-methyl/N-ethyl adjacent to an activating group) is 2. The third-order valence-electron chi connectivity index (χ3n) is 4.88. The van der Waals surface area contributed by atoms with Crippen LogP contribution in [0.1, 0.15) is 27.7 Å². The van der Waals surface area contributed by atoms with Crippen molar-refractivity contribution < 1.29 is 4.57 Å². The zero-order chi connectivity index (χ0) is 16.7. The van der Waals surface area contributed by atoms with E-state index in [0.717, 1.165) is 52.4 Å². The molecular weight excluding hydrogens is 284 g/mol. The van der Waals surface area contributed by atoms with Crippen LogP contribution in [-0.2, 0) is 13.1 Å². The average Bonchev–Trinajstić information content (AvgIpc) is 2.95. The fourth-order valence-electron chi connectivity index (χ4n) is 3.18. The van der Waals surface area contributed by atoms with Gasteiger partial charge >= 0.3 is 0 Å². The number of imidazole rings is 1. The number of hydrogen-bond donors (Lipinski definition) is 0. The number of fused-ring (bicyclic) bond motifs is 1. The number of rotatable bonds is 10. The molecule has 0 aliphatic rings. The Kier molecular flexibility index (Phi) is 7.06. The number of aromatic nitrogens is 2. The number of hydrogen-bond acceptors (Lipinski definition) is 2. The number of nitrogens with zero attached hydrogens (tertiary/aromatic N) is 4. The van der Waals surface area contributed by atoms with Gasteiger partial charge in [0.2, 0.25) is 6.33 Å². The summed E-state index contributed by atoms with van der Waals surface area (Å²) in [5.74, 6) is 0.